The fourth-order valence-corrected chi connectivity index (χ4v) is 5.88. The van der Waals surface area contributed by atoms with E-state index < -0.39 is 21.8 Å². The molecule has 0 aromatic heterocycles. The van der Waals surface area contributed by atoms with Crippen LogP contribution in [0.4, 0.5) is 11.4 Å². The van der Waals surface area contributed by atoms with Gasteiger partial charge in [-0.2, -0.15) is 0 Å². The predicted molar refractivity (Wildman–Crippen MR) is 147 cm³/mol. The van der Waals surface area contributed by atoms with E-state index in [1.807, 2.05) is 43.3 Å². The quantitative estimate of drug-likeness (QED) is 0.363. The van der Waals surface area contributed by atoms with Gasteiger partial charge in [-0.15, -0.1) is 0 Å². The summed E-state index contributed by atoms with van der Waals surface area (Å²) in [7, 11) is -0.410. The molecule has 2 amide bonds. The number of ether oxygens (including phenoxy) is 2. The number of aryl methyl sites for hydroxylation is 1. The average molecular weight is 538 g/mol. The molecule has 200 valence electrons. The molecule has 10 heteroatoms. The van der Waals surface area contributed by atoms with Crippen molar-refractivity contribution in [2.45, 2.75) is 25.1 Å². The Kier molecular flexibility index (Phi) is 8.21. The topological polar surface area (TPSA) is 123 Å². The van der Waals surface area contributed by atoms with Gasteiger partial charge in [-0.05, 0) is 54.8 Å². The first-order valence-corrected chi connectivity index (χ1v) is 14.0. The van der Waals surface area contributed by atoms with E-state index in [2.05, 4.69) is 16.0 Å². The van der Waals surface area contributed by atoms with Crippen LogP contribution >= 0.6 is 0 Å². The van der Waals surface area contributed by atoms with Gasteiger partial charge in [0.1, 0.15) is 6.04 Å². The molecule has 0 fully saturated rings. The highest BCUT2D eigenvalue weighted by Crippen LogP contribution is 2.29. The Labute approximate surface area is 222 Å². The minimum absolute atomic E-state index is 0.143. The number of hydrogen-bond donors (Lipinski definition) is 3. The highest BCUT2D eigenvalue weighted by atomic mass is 32.2. The van der Waals surface area contributed by atoms with Crippen molar-refractivity contribution in [1.82, 2.24) is 5.32 Å². The summed E-state index contributed by atoms with van der Waals surface area (Å²) in [4.78, 5) is 25.4. The molecular formula is C28H31N3O6S. The van der Waals surface area contributed by atoms with Crippen LogP contribution in [0.25, 0.3) is 0 Å². The molecule has 0 saturated carbocycles. The van der Waals surface area contributed by atoms with Crippen LogP contribution in [0.15, 0.2) is 60.7 Å². The van der Waals surface area contributed by atoms with Crippen molar-refractivity contribution in [3.63, 3.8) is 0 Å². The maximum Gasteiger partial charge on any atom is 0.251 e. The first kappa shape index (κ1) is 27.0. The second-order valence-corrected chi connectivity index (χ2v) is 11.3. The van der Waals surface area contributed by atoms with E-state index in [4.69, 9.17) is 9.47 Å². The van der Waals surface area contributed by atoms with Gasteiger partial charge in [0, 0.05) is 12.1 Å². The Morgan fingerprint density at radius 3 is 2.47 bits per heavy atom. The van der Waals surface area contributed by atoms with Gasteiger partial charge < -0.3 is 25.4 Å². The van der Waals surface area contributed by atoms with Crippen molar-refractivity contribution < 1.29 is 27.5 Å². The molecule has 3 aromatic carbocycles. The zero-order chi connectivity index (χ0) is 27.3. The molecule has 1 atom stereocenters. The van der Waals surface area contributed by atoms with Gasteiger partial charge >= 0.3 is 0 Å². The fraction of sp³-hybridized carbons (Fsp3) is 0.286. The summed E-state index contributed by atoms with van der Waals surface area (Å²) in [6.07, 6.45) is 0.591. The standard InChI is InChI=1S/C28H31N3O6S/c1-18-5-4-6-20(13-18)16-38(34,35)17-24-28(33)31-23-15-21(8-9-22(23)30-24)27(32)29-12-11-19-7-10-25(36-2)26(14-19)37-3/h4-10,13-15,24,30H,11-12,16-17H2,1-3H3,(H,29,32)(H,31,33). The molecule has 38 heavy (non-hydrogen) atoms. The van der Waals surface area contributed by atoms with Gasteiger partial charge in [-0.1, -0.05) is 35.9 Å². The number of nitrogens with one attached hydrogen (secondary N) is 3. The highest BCUT2D eigenvalue weighted by molar-refractivity contribution is 7.90. The Morgan fingerprint density at radius 1 is 0.947 bits per heavy atom. The maximum absolute atomic E-state index is 12.8. The second-order valence-electron chi connectivity index (χ2n) is 9.19. The third kappa shape index (κ3) is 6.63. The first-order chi connectivity index (χ1) is 18.2. The summed E-state index contributed by atoms with van der Waals surface area (Å²) in [5, 5.41) is 8.62. The Bertz CT molecular complexity index is 1450. The minimum atomic E-state index is -3.55. The molecule has 0 bridgehead atoms. The molecule has 3 aromatic rings. The summed E-state index contributed by atoms with van der Waals surface area (Å²) in [6.45, 7) is 2.30. The minimum Gasteiger partial charge on any atom is -0.493 e. The third-order valence-corrected chi connectivity index (χ3v) is 7.84. The molecule has 0 saturated heterocycles. The normalized spacial score (nSPS) is 14.6. The van der Waals surface area contributed by atoms with Crippen molar-refractivity contribution in [3.8, 4) is 11.5 Å². The van der Waals surface area contributed by atoms with Crippen molar-refractivity contribution in [3.05, 3.63) is 82.9 Å². The lowest BCUT2D eigenvalue weighted by Gasteiger charge is -2.27. The van der Waals surface area contributed by atoms with E-state index in [0.717, 1.165) is 11.1 Å². The van der Waals surface area contributed by atoms with Gasteiger partial charge in [0.05, 0.1) is 37.1 Å². The van der Waals surface area contributed by atoms with Crippen LogP contribution in [0.3, 0.4) is 0 Å². The Balaban J connectivity index is 1.35. The number of fused-ring (bicyclic) bond motifs is 1. The van der Waals surface area contributed by atoms with Crippen LogP contribution in [-0.4, -0.2) is 52.8 Å². The number of amides is 2. The number of hydrogen-bond acceptors (Lipinski definition) is 7. The van der Waals surface area contributed by atoms with E-state index in [0.29, 0.717) is 47.0 Å². The summed E-state index contributed by atoms with van der Waals surface area (Å²) in [5.41, 5.74) is 4.00. The zero-order valence-corrected chi connectivity index (χ0v) is 22.4. The lowest BCUT2D eigenvalue weighted by molar-refractivity contribution is -0.116. The van der Waals surface area contributed by atoms with Crippen molar-refractivity contribution in [2.75, 3.05) is 37.2 Å². The van der Waals surface area contributed by atoms with Gasteiger partial charge in [-0.25, -0.2) is 8.42 Å². The molecule has 0 radical (unpaired) electrons. The molecule has 1 aliphatic rings. The van der Waals surface area contributed by atoms with Crippen LogP contribution < -0.4 is 25.4 Å². The van der Waals surface area contributed by atoms with Gasteiger partial charge in [0.2, 0.25) is 5.91 Å². The van der Waals surface area contributed by atoms with Crippen LogP contribution in [0.1, 0.15) is 27.0 Å². The smallest absolute Gasteiger partial charge is 0.251 e. The maximum atomic E-state index is 12.8. The Morgan fingerprint density at radius 2 is 1.74 bits per heavy atom. The average Bonchev–Trinajstić information content (AvgIpc) is 2.88. The number of rotatable bonds is 10. The van der Waals surface area contributed by atoms with Gasteiger partial charge in [-0.3, -0.25) is 9.59 Å². The fourth-order valence-electron chi connectivity index (χ4n) is 4.33. The van der Waals surface area contributed by atoms with Crippen LogP contribution in [0.2, 0.25) is 0 Å². The van der Waals surface area contributed by atoms with Crippen molar-refractivity contribution >= 4 is 33.0 Å². The number of benzene rings is 3. The lowest BCUT2D eigenvalue weighted by atomic mass is 10.1. The monoisotopic (exact) mass is 537 g/mol. The van der Waals surface area contributed by atoms with Crippen LogP contribution in [0.5, 0.6) is 11.5 Å². The molecular weight excluding hydrogens is 506 g/mol. The summed E-state index contributed by atoms with van der Waals surface area (Å²) in [5.74, 6) is 0.0216. The van der Waals surface area contributed by atoms with Crippen LogP contribution in [-0.2, 0) is 26.8 Å². The molecule has 1 aliphatic heterocycles. The molecule has 0 aliphatic carbocycles. The summed E-state index contributed by atoms with van der Waals surface area (Å²) in [6, 6.07) is 16.8. The number of carbonyl (C=O) groups excluding carboxylic acids is 2. The predicted octanol–water partition coefficient (Wildman–Crippen LogP) is 3.33. The molecule has 0 spiro atoms. The molecule has 4 rings (SSSR count). The lowest BCUT2D eigenvalue weighted by Crippen LogP contribution is -2.43. The number of sulfone groups is 1. The van der Waals surface area contributed by atoms with Gasteiger partial charge in [0.15, 0.2) is 21.3 Å². The van der Waals surface area contributed by atoms with Gasteiger partial charge in [0.25, 0.3) is 5.91 Å². The number of anilines is 2. The third-order valence-electron chi connectivity index (χ3n) is 6.22. The second kappa shape index (κ2) is 11.6. The molecule has 3 N–H and O–H groups in total. The zero-order valence-electron chi connectivity index (χ0n) is 21.5. The first-order valence-electron chi connectivity index (χ1n) is 12.1. The van der Waals surface area contributed by atoms with E-state index in [9.17, 15) is 18.0 Å². The Hall–Kier alpha value is -4.05. The molecule has 9 nitrogen and oxygen atoms in total. The highest BCUT2D eigenvalue weighted by Gasteiger charge is 2.30. The van der Waals surface area contributed by atoms with Crippen molar-refractivity contribution in [2.24, 2.45) is 0 Å². The van der Waals surface area contributed by atoms with Crippen LogP contribution in [0, 0.1) is 6.92 Å². The largest absolute Gasteiger partial charge is 0.493 e. The van der Waals surface area contributed by atoms with E-state index in [1.165, 1.54) is 0 Å². The van der Waals surface area contributed by atoms with E-state index in [-0.39, 0.29) is 17.4 Å². The van der Waals surface area contributed by atoms with E-state index in [1.54, 1.807) is 38.5 Å². The summed E-state index contributed by atoms with van der Waals surface area (Å²) < 4.78 is 36.1. The van der Waals surface area contributed by atoms with Crippen molar-refractivity contribution in [1.29, 1.82) is 0 Å². The molecule has 1 unspecified atom stereocenters. The summed E-state index contributed by atoms with van der Waals surface area (Å²) >= 11 is 0. The van der Waals surface area contributed by atoms with E-state index >= 15 is 0 Å². The SMILES string of the molecule is COc1ccc(CCNC(=O)c2ccc3c(c2)NC(=O)C(CS(=O)(=O)Cc2cccc(C)c2)N3)cc1OC. The number of carbonyl (C=O) groups is 2. The molecule has 1 heterocycles. The number of methoxy groups -OCH3 is 2.